The van der Waals surface area contributed by atoms with Crippen molar-refractivity contribution < 1.29 is 29.0 Å². The first-order valence-corrected chi connectivity index (χ1v) is 20.1. The lowest BCUT2D eigenvalue weighted by molar-refractivity contribution is -0.136. The molecular formula is C47H48N4O6. The first-order valence-electron chi connectivity index (χ1n) is 20.1. The number of carbonyl (C=O) groups excluding carboxylic acids is 4. The van der Waals surface area contributed by atoms with Crippen LogP contribution in [0.2, 0.25) is 0 Å². The SMILES string of the molecule is CC/C(=C(\c1ccc(O)cc1)c1ccc(OCCN2CCC(N3C=CC(c4ccc5c(c4)C(=O)N(C4CCC(=O)NC4=O)C5=O)CC3)CC2)cc1)c1ccccc1. The number of likely N-dealkylation sites (tertiary alicyclic amines) is 1. The van der Waals surface area contributed by atoms with Crippen LogP contribution in [-0.2, 0) is 9.59 Å². The Hall–Kier alpha value is -6.00. The largest absolute Gasteiger partial charge is 0.508 e. The minimum atomic E-state index is -0.964. The van der Waals surface area contributed by atoms with E-state index in [0.29, 0.717) is 23.8 Å². The van der Waals surface area contributed by atoms with Crippen molar-refractivity contribution in [1.82, 2.24) is 20.0 Å². The van der Waals surface area contributed by atoms with Crippen molar-refractivity contribution in [3.05, 3.63) is 143 Å². The Bertz CT molecular complexity index is 2210. The van der Waals surface area contributed by atoms with Crippen LogP contribution in [0.5, 0.6) is 11.5 Å². The minimum absolute atomic E-state index is 0.0985. The third-order valence-electron chi connectivity index (χ3n) is 11.9. The molecule has 10 nitrogen and oxygen atoms in total. The van der Waals surface area contributed by atoms with Gasteiger partial charge in [0.2, 0.25) is 11.8 Å². The van der Waals surface area contributed by atoms with E-state index in [9.17, 15) is 24.3 Å². The summed E-state index contributed by atoms with van der Waals surface area (Å²) in [6, 6.07) is 31.2. The molecule has 10 heteroatoms. The van der Waals surface area contributed by atoms with Crippen molar-refractivity contribution in [2.45, 2.75) is 63.5 Å². The zero-order chi connectivity index (χ0) is 39.5. The predicted octanol–water partition coefficient (Wildman–Crippen LogP) is 7.01. The van der Waals surface area contributed by atoms with Crippen LogP contribution in [0, 0.1) is 0 Å². The lowest BCUT2D eigenvalue weighted by Gasteiger charge is -2.40. The van der Waals surface area contributed by atoms with Crippen molar-refractivity contribution in [2.75, 3.05) is 32.8 Å². The summed E-state index contributed by atoms with van der Waals surface area (Å²) >= 11 is 0. The van der Waals surface area contributed by atoms with Gasteiger partial charge in [-0.25, -0.2) is 0 Å². The molecule has 2 N–H and O–H groups in total. The summed E-state index contributed by atoms with van der Waals surface area (Å²) in [6.07, 6.45) is 8.55. The molecule has 4 aromatic rings. The number of imide groups is 2. The number of amides is 4. The van der Waals surface area contributed by atoms with Crippen LogP contribution in [0.3, 0.4) is 0 Å². The summed E-state index contributed by atoms with van der Waals surface area (Å²) in [5, 5.41) is 12.2. The Labute approximate surface area is 333 Å². The molecule has 292 valence electrons. The van der Waals surface area contributed by atoms with E-state index in [1.54, 1.807) is 24.3 Å². The van der Waals surface area contributed by atoms with Gasteiger partial charge in [0.1, 0.15) is 24.1 Å². The molecule has 0 radical (unpaired) electrons. The van der Waals surface area contributed by atoms with Gasteiger partial charge in [0, 0.05) is 44.6 Å². The lowest BCUT2D eigenvalue weighted by Crippen LogP contribution is -2.54. The monoisotopic (exact) mass is 764 g/mol. The number of hydrogen-bond donors (Lipinski definition) is 2. The third kappa shape index (κ3) is 8.00. The first kappa shape index (κ1) is 37.9. The zero-order valence-electron chi connectivity index (χ0n) is 32.2. The predicted molar refractivity (Wildman–Crippen MR) is 218 cm³/mol. The van der Waals surface area contributed by atoms with E-state index in [-0.39, 0.29) is 30.4 Å². The molecule has 4 aromatic carbocycles. The van der Waals surface area contributed by atoms with E-state index in [0.717, 1.165) is 84.8 Å². The van der Waals surface area contributed by atoms with Crippen molar-refractivity contribution >= 4 is 34.8 Å². The Morgan fingerprint density at radius 3 is 2.14 bits per heavy atom. The molecule has 4 aliphatic rings. The van der Waals surface area contributed by atoms with Gasteiger partial charge < -0.3 is 14.7 Å². The van der Waals surface area contributed by atoms with Gasteiger partial charge in [-0.3, -0.25) is 34.3 Å². The highest BCUT2D eigenvalue weighted by Gasteiger charge is 2.44. The van der Waals surface area contributed by atoms with Gasteiger partial charge in [-0.15, -0.1) is 0 Å². The zero-order valence-corrected chi connectivity index (χ0v) is 32.2. The minimum Gasteiger partial charge on any atom is -0.508 e. The molecule has 4 aliphatic heterocycles. The van der Waals surface area contributed by atoms with E-state index in [2.05, 4.69) is 70.7 Å². The van der Waals surface area contributed by atoms with Crippen molar-refractivity contribution in [2.24, 2.45) is 0 Å². The lowest BCUT2D eigenvalue weighted by atomic mass is 9.88. The van der Waals surface area contributed by atoms with E-state index < -0.39 is 23.8 Å². The molecule has 57 heavy (non-hydrogen) atoms. The fourth-order valence-corrected chi connectivity index (χ4v) is 8.77. The van der Waals surface area contributed by atoms with E-state index in [1.165, 1.54) is 11.1 Å². The number of hydrogen-bond acceptors (Lipinski definition) is 8. The molecule has 4 heterocycles. The standard InChI is InChI=1S/C47H48N4O6/c1-2-39(32-6-4-3-5-7-32)44(33-8-13-37(52)14-9-33)34-10-15-38(16-11-34)57-29-28-49-24-22-36(23-25-49)50-26-20-31(21-27-50)35-12-17-40-41(30-35)47(56)51(46(40)55)42-18-19-43(53)48-45(42)54/h3-17,20,26,30-31,36,42,52H,2,18-19,21-25,27-29H2,1H3,(H,48,53,54)/b44-39-. The van der Waals surface area contributed by atoms with Gasteiger partial charge in [0.05, 0.1) is 11.1 Å². The van der Waals surface area contributed by atoms with Crippen molar-refractivity contribution in [1.29, 1.82) is 0 Å². The molecule has 4 amide bonds. The Morgan fingerprint density at radius 2 is 1.47 bits per heavy atom. The highest BCUT2D eigenvalue weighted by molar-refractivity contribution is 6.23. The molecule has 0 spiro atoms. The van der Waals surface area contributed by atoms with Crippen LogP contribution >= 0.6 is 0 Å². The summed E-state index contributed by atoms with van der Waals surface area (Å²) in [7, 11) is 0. The van der Waals surface area contributed by atoms with Crippen molar-refractivity contribution in [3.8, 4) is 11.5 Å². The molecule has 0 saturated carbocycles. The first-order chi connectivity index (χ1) is 27.8. The number of rotatable bonds is 11. The van der Waals surface area contributed by atoms with Gasteiger partial charge in [-0.05, 0) is 108 Å². The second kappa shape index (κ2) is 16.6. The van der Waals surface area contributed by atoms with E-state index >= 15 is 0 Å². The molecule has 8 rings (SSSR count). The molecule has 0 bridgehead atoms. The van der Waals surface area contributed by atoms with Crippen LogP contribution in [0.4, 0.5) is 0 Å². The number of carbonyl (C=O) groups is 4. The Morgan fingerprint density at radius 1 is 0.772 bits per heavy atom. The smallest absolute Gasteiger partial charge is 0.262 e. The van der Waals surface area contributed by atoms with Gasteiger partial charge >= 0.3 is 0 Å². The number of nitrogens with zero attached hydrogens (tertiary/aromatic N) is 3. The van der Waals surface area contributed by atoms with Gasteiger partial charge in [0.15, 0.2) is 0 Å². The fourth-order valence-electron chi connectivity index (χ4n) is 8.77. The average Bonchev–Trinajstić information content (AvgIpc) is 3.49. The number of fused-ring (bicyclic) bond motifs is 1. The van der Waals surface area contributed by atoms with Gasteiger partial charge in [0.25, 0.3) is 11.8 Å². The van der Waals surface area contributed by atoms with Crippen LogP contribution in [-0.4, -0.2) is 88.3 Å². The van der Waals surface area contributed by atoms with Gasteiger partial charge in [-0.1, -0.05) is 73.7 Å². The summed E-state index contributed by atoms with van der Waals surface area (Å²) < 4.78 is 6.23. The summed E-state index contributed by atoms with van der Waals surface area (Å²) in [5.74, 6) is -0.721. The number of benzene rings is 4. The summed E-state index contributed by atoms with van der Waals surface area (Å²) in [6.45, 7) is 6.57. The molecule has 2 atom stereocenters. The number of nitrogens with one attached hydrogen (secondary N) is 1. The third-order valence-corrected chi connectivity index (χ3v) is 11.9. The van der Waals surface area contributed by atoms with Crippen LogP contribution in [0.1, 0.15) is 94.3 Å². The molecule has 2 saturated heterocycles. The molecule has 0 aliphatic carbocycles. The molecule has 2 unspecified atom stereocenters. The van der Waals surface area contributed by atoms with Gasteiger partial charge in [-0.2, -0.15) is 0 Å². The van der Waals surface area contributed by atoms with E-state index in [4.69, 9.17) is 4.74 Å². The highest BCUT2D eigenvalue weighted by atomic mass is 16.5. The number of ether oxygens (including phenoxy) is 1. The molecule has 2 fully saturated rings. The maximum Gasteiger partial charge on any atom is 0.262 e. The summed E-state index contributed by atoms with van der Waals surface area (Å²) in [4.78, 5) is 56.5. The Balaban J connectivity index is 0.828. The number of phenols is 1. The Kier molecular flexibility index (Phi) is 11.0. The maximum absolute atomic E-state index is 13.3. The number of phenolic OH excluding ortho intramolecular Hbond substituents is 1. The normalized spacial score (nSPS) is 20.7. The topological polar surface area (TPSA) is 119 Å². The maximum atomic E-state index is 13.3. The van der Waals surface area contributed by atoms with E-state index in [1.807, 2.05) is 36.4 Å². The highest BCUT2D eigenvalue weighted by Crippen LogP contribution is 2.36. The average molecular weight is 765 g/mol. The number of aromatic hydroxyl groups is 1. The number of allylic oxidation sites excluding steroid dienone is 2. The quantitative estimate of drug-likeness (QED) is 0.124. The fraction of sp³-hybridized carbons (Fsp3) is 0.319. The molecule has 0 aromatic heterocycles. The number of piperidine rings is 2. The van der Waals surface area contributed by atoms with Crippen LogP contribution in [0.25, 0.3) is 11.1 Å². The second-order valence-corrected chi connectivity index (χ2v) is 15.3. The van der Waals surface area contributed by atoms with Crippen molar-refractivity contribution in [3.63, 3.8) is 0 Å². The van der Waals surface area contributed by atoms with Crippen LogP contribution in [0.15, 0.2) is 109 Å². The van der Waals surface area contributed by atoms with Crippen LogP contribution < -0.4 is 10.1 Å². The summed E-state index contributed by atoms with van der Waals surface area (Å²) in [5.41, 5.74) is 7.35. The molecular weight excluding hydrogens is 717 g/mol. The second-order valence-electron chi connectivity index (χ2n) is 15.3.